The van der Waals surface area contributed by atoms with E-state index in [1.54, 1.807) is 18.2 Å². The monoisotopic (exact) mass is 464 g/mol. The van der Waals surface area contributed by atoms with Gasteiger partial charge in [0.15, 0.2) is 0 Å². The summed E-state index contributed by atoms with van der Waals surface area (Å²) < 4.78 is 0. The lowest BCUT2D eigenvalue weighted by Gasteiger charge is -2.37. The number of piperazine rings is 1. The Kier molecular flexibility index (Phi) is 7.02. The van der Waals surface area contributed by atoms with Gasteiger partial charge in [-0.15, -0.1) is 0 Å². The maximum atomic E-state index is 12.8. The van der Waals surface area contributed by atoms with Gasteiger partial charge >= 0.3 is 0 Å². The van der Waals surface area contributed by atoms with Crippen LogP contribution in [0.25, 0.3) is 0 Å². The summed E-state index contributed by atoms with van der Waals surface area (Å²) in [5, 5.41) is 14.3. The van der Waals surface area contributed by atoms with Crippen molar-refractivity contribution in [2.75, 3.05) is 36.4 Å². The number of nitrogens with one attached hydrogen (secondary N) is 1. The number of nitrogens with zero attached hydrogens (tertiary/aromatic N) is 3. The van der Waals surface area contributed by atoms with Crippen molar-refractivity contribution in [3.63, 3.8) is 0 Å². The van der Waals surface area contributed by atoms with Crippen molar-refractivity contribution < 1.29 is 14.5 Å². The standard InChI is InChI=1S/C21H22Cl2N4O4/c1-13(2)21(29)26-9-7-25(8-10-26)19-6-3-14(22)11-18(19)24-20(28)16-12-15(27(30)31)4-5-17(16)23/h3-6,11-13H,7-10H2,1-2H3,(H,24,28). The van der Waals surface area contributed by atoms with Crippen LogP contribution >= 0.6 is 23.2 Å². The molecular weight excluding hydrogens is 443 g/mol. The van der Waals surface area contributed by atoms with Crippen LogP contribution in [0.3, 0.4) is 0 Å². The Labute approximate surface area is 189 Å². The number of amides is 2. The number of hydrogen-bond acceptors (Lipinski definition) is 5. The van der Waals surface area contributed by atoms with Crippen molar-refractivity contribution >= 4 is 52.1 Å². The molecule has 2 amide bonds. The Bertz CT molecular complexity index is 1020. The smallest absolute Gasteiger partial charge is 0.270 e. The molecule has 0 bridgehead atoms. The molecule has 2 aromatic carbocycles. The average molecular weight is 465 g/mol. The van der Waals surface area contributed by atoms with E-state index in [1.165, 1.54) is 12.1 Å². The Morgan fingerprint density at radius 2 is 1.74 bits per heavy atom. The molecule has 1 fully saturated rings. The number of nitro benzene ring substituents is 1. The molecule has 0 spiro atoms. The van der Waals surface area contributed by atoms with E-state index in [4.69, 9.17) is 23.2 Å². The molecule has 1 saturated heterocycles. The minimum absolute atomic E-state index is 0.00542. The second-order valence-corrected chi connectivity index (χ2v) is 8.35. The lowest BCUT2D eigenvalue weighted by atomic mass is 10.1. The zero-order valence-corrected chi connectivity index (χ0v) is 18.6. The van der Waals surface area contributed by atoms with E-state index in [0.29, 0.717) is 36.9 Å². The fourth-order valence-corrected chi connectivity index (χ4v) is 3.78. The van der Waals surface area contributed by atoms with Crippen molar-refractivity contribution in [1.29, 1.82) is 0 Å². The van der Waals surface area contributed by atoms with Crippen molar-refractivity contribution in [2.24, 2.45) is 5.92 Å². The zero-order chi connectivity index (χ0) is 22.7. The molecule has 1 heterocycles. The van der Waals surface area contributed by atoms with Crippen LogP contribution in [0.5, 0.6) is 0 Å². The Morgan fingerprint density at radius 3 is 2.35 bits per heavy atom. The fourth-order valence-electron chi connectivity index (χ4n) is 3.41. The fraction of sp³-hybridized carbons (Fsp3) is 0.333. The van der Waals surface area contributed by atoms with E-state index < -0.39 is 10.8 Å². The average Bonchev–Trinajstić information content (AvgIpc) is 2.73. The molecule has 0 saturated carbocycles. The van der Waals surface area contributed by atoms with Gasteiger partial charge in [-0.25, -0.2) is 0 Å². The molecule has 1 N–H and O–H groups in total. The second-order valence-electron chi connectivity index (χ2n) is 7.50. The number of non-ortho nitro benzene ring substituents is 1. The summed E-state index contributed by atoms with van der Waals surface area (Å²) in [6.45, 7) is 6.09. The van der Waals surface area contributed by atoms with E-state index in [9.17, 15) is 19.7 Å². The summed E-state index contributed by atoms with van der Waals surface area (Å²) in [4.78, 5) is 39.4. The molecule has 31 heavy (non-hydrogen) atoms. The van der Waals surface area contributed by atoms with Crippen molar-refractivity contribution in [3.8, 4) is 0 Å². The van der Waals surface area contributed by atoms with Crippen LogP contribution in [-0.4, -0.2) is 47.8 Å². The number of carbonyl (C=O) groups is 2. The number of rotatable bonds is 5. The van der Waals surface area contributed by atoms with Crippen molar-refractivity contribution in [1.82, 2.24) is 4.90 Å². The summed E-state index contributed by atoms with van der Waals surface area (Å²) >= 11 is 12.2. The predicted octanol–water partition coefficient (Wildman–Crippen LogP) is 4.46. The van der Waals surface area contributed by atoms with Gasteiger partial charge in [-0.3, -0.25) is 19.7 Å². The second kappa shape index (κ2) is 9.53. The van der Waals surface area contributed by atoms with Crippen LogP contribution < -0.4 is 10.2 Å². The lowest BCUT2D eigenvalue weighted by Crippen LogP contribution is -2.50. The van der Waals surface area contributed by atoms with Crippen LogP contribution in [0, 0.1) is 16.0 Å². The molecule has 0 aromatic heterocycles. The van der Waals surface area contributed by atoms with Gasteiger partial charge in [-0.2, -0.15) is 0 Å². The van der Waals surface area contributed by atoms with E-state index in [1.807, 2.05) is 18.7 Å². The third-order valence-electron chi connectivity index (χ3n) is 5.04. The molecule has 2 aromatic rings. The highest BCUT2D eigenvalue weighted by atomic mass is 35.5. The molecule has 0 aliphatic carbocycles. The van der Waals surface area contributed by atoms with Gasteiger partial charge in [-0.05, 0) is 24.3 Å². The molecule has 0 radical (unpaired) electrons. The van der Waals surface area contributed by atoms with Gasteiger partial charge in [0.05, 0.1) is 26.9 Å². The van der Waals surface area contributed by atoms with Gasteiger partial charge in [0.1, 0.15) is 0 Å². The summed E-state index contributed by atoms with van der Waals surface area (Å²) in [6.07, 6.45) is 0. The number of hydrogen-bond donors (Lipinski definition) is 1. The number of anilines is 2. The molecule has 0 atom stereocenters. The number of halogens is 2. The molecule has 3 rings (SSSR count). The van der Waals surface area contributed by atoms with E-state index in [-0.39, 0.29) is 28.1 Å². The third-order valence-corrected chi connectivity index (χ3v) is 5.60. The Balaban J connectivity index is 1.82. The molecular formula is C21H22Cl2N4O4. The summed E-state index contributed by atoms with van der Waals surface area (Å²) in [7, 11) is 0. The number of benzene rings is 2. The first-order valence-corrected chi connectivity index (χ1v) is 10.5. The number of carbonyl (C=O) groups excluding carboxylic acids is 2. The molecule has 1 aliphatic heterocycles. The number of nitro groups is 1. The highest BCUT2D eigenvalue weighted by Crippen LogP contribution is 2.31. The first kappa shape index (κ1) is 22.8. The highest BCUT2D eigenvalue weighted by Gasteiger charge is 2.25. The van der Waals surface area contributed by atoms with Gasteiger partial charge in [-0.1, -0.05) is 37.0 Å². The highest BCUT2D eigenvalue weighted by molar-refractivity contribution is 6.34. The zero-order valence-electron chi connectivity index (χ0n) is 17.1. The summed E-state index contributed by atoms with van der Waals surface area (Å²) in [5.74, 6) is -0.521. The summed E-state index contributed by atoms with van der Waals surface area (Å²) in [5.41, 5.74) is 0.973. The van der Waals surface area contributed by atoms with Gasteiger partial charge in [0.2, 0.25) is 5.91 Å². The Morgan fingerprint density at radius 1 is 1.06 bits per heavy atom. The van der Waals surface area contributed by atoms with Crippen molar-refractivity contribution in [2.45, 2.75) is 13.8 Å². The first-order chi connectivity index (χ1) is 14.7. The minimum atomic E-state index is -0.587. The van der Waals surface area contributed by atoms with Crippen LogP contribution in [0.2, 0.25) is 10.0 Å². The van der Waals surface area contributed by atoms with E-state index in [0.717, 1.165) is 11.8 Å². The molecule has 8 nitrogen and oxygen atoms in total. The topological polar surface area (TPSA) is 95.8 Å². The molecule has 1 aliphatic rings. The van der Waals surface area contributed by atoms with Crippen LogP contribution in [0.15, 0.2) is 36.4 Å². The van der Waals surface area contributed by atoms with E-state index >= 15 is 0 Å². The molecule has 10 heteroatoms. The van der Waals surface area contributed by atoms with Gasteiger partial charge < -0.3 is 15.1 Å². The van der Waals surface area contributed by atoms with Gasteiger partial charge in [0, 0.05) is 49.3 Å². The van der Waals surface area contributed by atoms with Crippen LogP contribution in [-0.2, 0) is 4.79 Å². The summed E-state index contributed by atoms with van der Waals surface area (Å²) in [6, 6.07) is 8.83. The Hall–Kier alpha value is -2.84. The lowest BCUT2D eigenvalue weighted by molar-refractivity contribution is -0.384. The molecule has 164 valence electrons. The first-order valence-electron chi connectivity index (χ1n) is 9.76. The van der Waals surface area contributed by atoms with Gasteiger partial charge in [0.25, 0.3) is 11.6 Å². The quantitative estimate of drug-likeness (QED) is 0.520. The molecule has 0 unspecified atom stereocenters. The van der Waals surface area contributed by atoms with Crippen LogP contribution in [0.1, 0.15) is 24.2 Å². The largest absolute Gasteiger partial charge is 0.366 e. The normalized spacial score (nSPS) is 14.0. The van der Waals surface area contributed by atoms with E-state index in [2.05, 4.69) is 10.2 Å². The predicted molar refractivity (Wildman–Crippen MR) is 121 cm³/mol. The maximum Gasteiger partial charge on any atom is 0.270 e. The minimum Gasteiger partial charge on any atom is -0.366 e. The van der Waals surface area contributed by atoms with Crippen molar-refractivity contribution in [3.05, 3.63) is 62.1 Å². The third kappa shape index (κ3) is 5.26. The maximum absolute atomic E-state index is 12.8. The van der Waals surface area contributed by atoms with Crippen LogP contribution in [0.4, 0.5) is 17.1 Å². The SMILES string of the molecule is CC(C)C(=O)N1CCN(c2ccc(Cl)cc2NC(=O)c2cc([N+](=O)[O-])ccc2Cl)CC1.